The summed E-state index contributed by atoms with van der Waals surface area (Å²) in [4.78, 5) is 5.78. The largest absolute Gasteiger partial charge is 0.361 e. The number of aromatic amines is 1. The molecule has 2 aromatic rings. The van der Waals surface area contributed by atoms with Crippen molar-refractivity contribution in [2.45, 2.75) is 36.1 Å². The van der Waals surface area contributed by atoms with E-state index in [0.29, 0.717) is 12.0 Å². The molecular weight excluding hydrogens is 316 g/mol. The molecule has 0 spiro atoms. The van der Waals surface area contributed by atoms with Crippen molar-refractivity contribution in [2.75, 3.05) is 32.9 Å². The van der Waals surface area contributed by atoms with Crippen molar-refractivity contribution in [2.24, 2.45) is 5.73 Å². The first-order valence-electron chi connectivity index (χ1n) is 9.00. The van der Waals surface area contributed by atoms with Crippen LogP contribution in [0.25, 0.3) is 10.9 Å². The van der Waals surface area contributed by atoms with Crippen molar-refractivity contribution in [1.82, 2.24) is 15.2 Å². The molecule has 1 aliphatic carbocycles. The first-order valence-corrected chi connectivity index (χ1v) is 9.99. The SMILES string of the molecule is CN(C)C[C@]1(c2ccc(C3CCCC3N)c3[nH]ccc23)NCCS1. The van der Waals surface area contributed by atoms with Crippen molar-refractivity contribution >= 4 is 22.7 Å². The summed E-state index contributed by atoms with van der Waals surface area (Å²) >= 11 is 2.04. The van der Waals surface area contributed by atoms with E-state index in [2.05, 4.69) is 53.7 Å². The van der Waals surface area contributed by atoms with Crippen LogP contribution in [0.3, 0.4) is 0 Å². The molecule has 2 unspecified atom stereocenters. The average Bonchev–Trinajstić information content (AvgIpc) is 3.26. The van der Waals surface area contributed by atoms with Gasteiger partial charge in [0.25, 0.3) is 0 Å². The molecule has 130 valence electrons. The summed E-state index contributed by atoms with van der Waals surface area (Å²) in [7, 11) is 4.31. The zero-order valence-corrected chi connectivity index (χ0v) is 15.5. The molecule has 2 fully saturated rings. The van der Waals surface area contributed by atoms with Crippen molar-refractivity contribution in [3.8, 4) is 0 Å². The number of fused-ring (bicyclic) bond motifs is 1. The highest BCUT2D eigenvalue weighted by Crippen LogP contribution is 2.44. The molecule has 1 saturated heterocycles. The summed E-state index contributed by atoms with van der Waals surface area (Å²) in [5.74, 6) is 1.66. The number of hydrogen-bond donors (Lipinski definition) is 3. The Balaban J connectivity index is 1.81. The Labute approximate surface area is 148 Å². The number of benzene rings is 1. The first kappa shape index (κ1) is 16.5. The molecule has 4 N–H and O–H groups in total. The molecule has 0 amide bonds. The van der Waals surface area contributed by atoms with Crippen molar-refractivity contribution in [3.63, 3.8) is 0 Å². The van der Waals surface area contributed by atoms with Crippen LogP contribution in [0.4, 0.5) is 0 Å². The highest BCUT2D eigenvalue weighted by atomic mass is 32.2. The van der Waals surface area contributed by atoms with Gasteiger partial charge in [0.2, 0.25) is 0 Å². The molecule has 1 saturated carbocycles. The maximum atomic E-state index is 6.39. The first-order chi connectivity index (χ1) is 11.6. The Morgan fingerprint density at radius 1 is 1.29 bits per heavy atom. The third kappa shape index (κ3) is 2.68. The average molecular weight is 345 g/mol. The minimum absolute atomic E-state index is 0.0136. The van der Waals surface area contributed by atoms with Crippen LogP contribution >= 0.6 is 11.8 Å². The minimum atomic E-state index is -0.0136. The normalized spacial score (nSPS) is 30.7. The molecule has 4 rings (SSSR count). The van der Waals surface area contributed by atoms with Gasteiger partial charge in [0.15, 0.2) is 0 Å². The second-order valence-electron chi connectivity index (χ2n) is 7.51. The van der Waals surface area contributed by atoms with Gasteiger partial charge in [-0.25, -0.2) is 0 Å². The fourth-order valence-corrected chi connectivity index (χ4v) is 5.99. The van der Waals surface area contributed by atoms with Gasteiger partial charge in [-0.15, -0.1) is 11.8 Å². The molecule has 0 radical (unpaired) electrons. The molecule has 0 bridgehead atoms. The molecule has 1 aromatic carbocycles. The summed E-state index contributed by atoms with van der Waals surface area (Å²) in [6.45, 7) is 2.07. The fourth-order valence-electron chi connectivity index (χ4n) is 4.55. The Kier molecular flexibility index (Phi) is 4.37. The van der Waals surface area contributed by atoms with Crippen LogP contribution in [0.1, 0.15) is 36.3 Å². The van der Waals surface area contributed by atoms with Crippen molar-refractivity contribution in [3.05, 3.63) is 35.5 Å². The number of nitrogens with one attached hydrogen (secondary N) is 2. The van der Waals surface area contributed by atoms with E-state index < -0.39 is 0 Å². The monoisotopic (exact) mass is 344 g/mol. The Hall–Kier alpha value is -1.01. The van der Waals surface area contributed by atoms with Gasteiger partial charge in [-0.2, -0.15) is 0 Å². The number of nitrogens with zero attached hydrogens (tertiary/aromatic N) is 1. The van der Waals surface area contributed by atoms with Crippen LogP contribution in [-0.2, 0) is 4.87 Å². The van der Waals surface area contributed by atoms with Gasteiger partial charge >= 0.3 is 0 Å². The summed E-state index contributed by atoms with van der Waals surface area (Å²) in [6.07, 6.45) is 5.69. The van der Waals surface area contributed by atoms with E-state index in [9.17, 15) is 0 Å². The standard InChI is InChI=1S/C19H28N4S/c1-23(2)12-19(22-10-11-24-19)16-7-6-14(13-4-3-5-17(13)20)18-15(16)8-9-21-18/h6-9,13,17,21-22H,3-5,10-12,20H2,1-2H3/t13?,17?,19-/m0/s1. The lowest BCUT2D eigenvalue weighted by Gasteiger charge is -2.33. The molecular formula is C19H28N4S. The minimum Gasteiger partial charge on any atom is -0.361 e. The van der Waals surface area contributed by atoms with Gasteiger partial charge in [0.1, 0.15) is 4.87 Å². The zero-order chi connectivity index (χ0) is 16.7. The van der Waals surface area contributed by atoms with Crippen LogP contribution in [0, 0.1) is 0 Å². The van der Waals surface area contributed by atoms with Crippen LogP contribution in [0.15, 0.2) is 24.4 Å². The lowest BCUT2D eigenvalue weighted by atomic mass is 9.89. The second-order valence-corrected chi connectivity index (χ2v) is 8.90. The van der Waals surface area contributed by atoms with E-state index in [1.54, 1.807) is 0 Å². The lowest BCUT2D eigenvalue weighted by Crippen LogP contribution is -2.43. The predicted molar refractivity (Wildman–Crippen MR) is 104 cm³/mol. The van der Waals surface area contributed by atoms with Crippen LogP contribution < -0.4 is 11.1 Å². The molecule has 5 heteroatoms. The lowest BCUT2D eigenvalue weighted by molar-refractivity contribution is 0.330. The van der Waals surface area contributed by atoms with Crippen LogP contribution in [0.2, 0.25) is 0 Å². The molecule has 2 heterocycles. The van der Waals surface area contributed by atoms with E-state index in [0.717, 1.165) is 25.3 Å². The zero-order valence-electron chi connectivity index (χ0n) is 14.6. The second kappa shape index (κ2) is 6.37. The molecule has 1 aromatic heterocycles. The Morgan fingerprint density at radius 2 is 2.17 bits per heavy atom. The number of aromatic nitrogens is 1. The fraction of sp³-hybridized carbons (Fsp3) is 0.579. The molecule has 3 atom stereocenters. The Bertz CT molecular complexity index is 717. The smallest absolute Gasteiger partial charge is 0.104 e. The molecule has 4 nitrogen and oxygen atoms in total. The summed E-state index contributed by atoms with van der Waals surface area (Å²) < 4.78 is 0. The topological polar surface area (TPSA) is 57.1 Å². The summed E-state index contributed by atoms with van der Waals surface area (Å²) in [5, 5.41) is 5.14. The summed E-state index contributed by atoms with van der Waals surface area (Å²) in [6, 6.07) is 7.23. The van der Waals surface area contributed by atoms with E-state index >= 15 is 0 Å². The van der Waals surface area contributed by atoms with Crippen LogP contribution in [0.5, 0.6) is 0 Å². The highest BCUT2D eigenvalue weighted by Gasteiger charge is 2.39. The highest BCUT2D eigenvalue weighted by molar-refractivity contribution is 8.00. The molecule has 1 aliphatic heterocycles. The molecule has 24 heavy (non-hydrogen) atoms. The van der Waals surface area contributed by atoms with Gasteiger partial charge in [0, 0.05) is 47.9 Å². The van der Waals surface area contributed by atoms with Crippen molar-refractivity contribution < 1.29 is 0 Å². The molecule has 2 aliphatic rings. The third-order valence-electron chi connectivity index (χ3n) is 5.56. The number of nitrogens with two attached hydrogens (primary N) is 1. The van der Waals surface area contributed by atoms with Gasteiger partial charge in [0.05, 0.1) is 0 Å². The predicted octanol–water partition coefficient (Wildman–Crippen LogP) is 2.81. The number of hydrogen-bond acceptors (Lipinski definition) is 4. The van der Waals surface area contributed by atoms with E-state index in [1.165, 1.54) is 34.9 Å². The van der Waals surface area contributed by atoms with Gasteiger partial charge in [-0.1, -0.05) is 18.6 Å². The number of thioether (sulfide) groups is 1. The number of rotatable bonds is 4. The maximum absolute atomic E-state index is 6.39. The summed E-state index contributed by atoms with van der Waals surface area (Å²) in [5.41, 5.74) is 10.5. The maximum Gasteiger partial charge on any atom is 0.104 e. The van der Waals surface area contributed by atoms with E-state index in [4.69, 9.17) is 5.73 Å². The number of H-pyrrole nitrogens is 1. The Morgan fingerprint density at radius 3 is 2.83 bits per heavy atom. The van der Waals surface area contributed by atoms with Gasteiger partial charge < -0.3 is 15.6 Å². The van der Waals surface area contributed by atoms with E-state index in [-0.39, 0.29) is 4.87 Å². The number of likely N-dealkylation sites (N-methyl/N-ethyl adjacent to an activating group) is 1. The van der Waals surface area contributed by atoms with Gasteiger partial charge in [-0.3, -0.25) is 5.32 Å². The van der Waals surface area contributed by atoms with Crippen molar-refractivity contribution in [1.29, 1.82) is 0 Å². The van der Waals surface area contributed by atoms with Gasteiger partial charge in [-0.05, 0) is 44.1 Å². The quantitative estimate of drug-likeness (QED) is 0.798. The van der Waals surface area contributed by atoms with Crippen LogP contribution in [-0.4, -0.2) is 48.9 Å². The third-order valence-corrected chi connectivity index (χ3v) is 6.95. The van der Waals surface area contributed by atoms with E-state index in [1.807, 2.05) is 11.8 Å².